The van der Waals surface area contributed by atoms with Crippen LogP contribution in [-0.2, 0) is 0 Å². The van der Waals surface area contributed by atoms with E-state index in [0.717, 1.165) is 22.3 Å². The number of rotatable bonds is 4. The molecule has 0 radical (unpaired) electrons. The molecule has 4 rings (SSSR count). The molecule has 26 heavy (non-hydrogen) atoms. The first-order chi connectivity index (χ1) is 12.8. The first-order valence-electron chi connectivity index (χ1n) is 8.48. The van der Waals surface area contributed by atoms with Gasteiger partial charge in [-0.25, -0.2) is 4.79 Å². The Morgan fingerprint density at radius 1 is 0.808 bits per heavy atom. The summed E-state index contributed by atoms with van der Waals surface area (Å²) >= 11 is 0. The molecule has 0 N–H and O–H groups in total. The minimum atomic E-state index is -0.312. The van der Waals surface area contributed by atoms with Crippen LogP contribution in [-0.4, -0.2) is 7.11 Å². The molecule has 0 fully saturated rings. The molecule has 3 aromatic carbocycles. The van der Waals surface area contributed by atoms with Gasteiger partial charge in [0.05, 0.1) is 12.7 Å². The van der Waals surface area contributed by atoms with Gasteiger partial charge in [-0.3, -0.25) is 0 Å². The Morgan fingerprint density at radius 3 is 2.19 bits per heavy atom. The predicted molar refractivity (Wildman–Crippen MR) is 103 cm³/mol. The van der Waals surface area contributed by atoms with E-state index in [-0.39, 0.29) is 11.5 Å². The van der Waals surface area contributed by atoms with E-state index in [1.165, 1.54) is 0 Å². The molecule has 0 amide bonds. The third-order valence-electron chi connectivity index (χ3n) is 4.56. The average molecular weight is 342 g/mol. The number of hydrogen-bond acceptors (Lipinski definition) is 3. The van der Waals surface area contributed by atoms with E-state index in [1.807, 2.05) is 84.9 Å². The van der Waals surface area contributed by atoms with E-state index < -0.39 is 0 Å². The zero-order valence-electron chi connectivity index (χ0n) is 14.4. The molecule has 1 unspecified atom stereocenters. The van der Waals surface area contributed by atoms with Crippen molar-refractivity contribution in [3.05, 3.63) is 112 Å². The maximum atomic E-state index is 12.8. The number of fused-ring (bicyclic) bond motifs is 1. The summed E-state index contributed by atoms with van der Waals surface area (Å²) in [5.41, 5.74) is 2.97. The molecule has 3 nitrogen and oxygen atoms in total. The molecule has 0 saturated carbocycles. The molecule has 0 aliphatic rings. The van der Waals surface area contributed by atoms with Gasteiger partial charge in [0, 0.05) is 11.3 Å². The summed E-state index contributed by atoms with van der Waals surface area (Å²) in [7, 11) is 1.64. The van der Waals surface area contributed by atoms with Crippen molar-refractivity contribution in [3.63, 3.8) is 0 Å². The van der Waals surface area contributed by atoms with Crippen LogP contribution < -0.4 is 10.4 Å². The Bertz CT molecular complexity index is 1080. The average Bonchev–Trinajstić information content (AvgIpc) is 2.70. The van der Waals surface area contributed by atoms with Gasteiger partial charge >= 0.3 is 5.63 Å². The van der Waals surface area contributed by atoms with Gasteiger partial charge in [-0.2, -0.15) is 0 Å². The molecule has 0 saturated heterocycles. The van der Waals surface area contributed by atoms with Crippen LogP contribution in [0.25, 0.3) is 11.0 Å². The largest absolute Gasteiger partial charge is 0.497 e. The van der Waals surface area contributed by atoms with E-state index in [1.54, 1.807) is 7.11 Å². The van der Waals surface area contributed by atoms with Crippen LogP contribution in [0.15, 0.2) is 94.1 Å². The van der Waals surface area contributed by atoms with E-state index >= 15 is 0 Å². The lowest BCUT2D eigenvalue weighted by Gasteiger charge is -2.18. The molecular formula is C23H18O3. The van der Waals surface area contributed by atoms with Gasteiger partial charge in [0.15, 0.2) is 0 Å². The van der Waals surface area contributed by atoms with Gasteiger partial charge in [0.25, 0.3) is 0 Å². The summed E-state index contributed by atoms with van der Waals surface area (Å²) in [5.74, 6) is 0.578. The second kappa shape index (κ2) is 6.89. The van der Waals surface area contributed by atoms with Gasteiger partial charge in [0.1, 0.15) is 11.3 Å². The van der Waals surface area contributed by atoms with Crippen molar-refractivity contribution >= 4 is 11.0 Å². The predicted octanol–water partition coefficient (Wildman–Crippen LogP) is 4.98. The smallest absolute Gasteiger partial charge is 0.340 e. The lowest BCUT2D eigenvalue weighted by molar-refractivity contribution is 0.414. The molecule has 128 valence electrons. The Hall–Kier alpha value is -3.33. The van der Waals surface area contributed by atoms with Crippen molar-refractivity contribution in [1.82, 2.24) is 0 Å². The topological polar surface area (TPSA) is 39.4 Å². The van der Waals surface area contributed by atoms with Crippen molar-refractivity contribution in [2.45, 2.75) is 5.92 Å². The lowest BCUT2D eigenvalue weighted by Crippen LogP contribution is -2.14. The third kappa shape index (κ3) is 3.00. The monoisotopic (exact) mass is 342 g/mol. The van der Waals surface area contributed by atoms with Gasteiger partial charge in [-0.15, -0.1) is 0 Å². The summed E-state index contributed by atoms with van der Waals surface area (Å²) < 4.78 is 10.8. The van der Waals surface area contributed by atoms with Crippen molar-refractivity contribution < 1.29 is 9.15 Å². The highest BCUT2D eigenvalue weighted by Gasteiger charge is 2.21. The molecule has 1 aromatic heterocycles. The Kier molecular flexibility index (Phi) is 4.28. The number of methoxy groups -OCH3 is 1. The van der Waals surface area contributed by atoms with Gasteiger partial charge in [0.2, 0.25) is 0 Å². The number of benzene rings is 3. The minimum Gasteiger partial charge on any atom is -0.497 e. The Morgan fingerprint density at radius 2 is 1.46 bits per heavy atom. The van der Waals surface area contributed by atoms with Crippen LogP contribution in [0.1, 0.15) is 22.6 Å². The zero-order valence-corrected chi connectivity index (χ0v) is 14.4. The molecule has 0 spiro atoms. The zero-order chi connectivity index (χ0) is 17.9. The Labute approximate surface area is 151 Å². The van der Waals surface area contributed by atoms with Crippen LogP contribution >= 0.6 is 0 Å². The molecule has 4 aromatic rings. The molecule has 1 heterocycles. The molecule has 0 bridgehead atoms. The number of ether oxygens (including phenoxy) is 1. The fraction of sp³-hybridized carbons (Fsp3) is 0.0870. The normalized spacial score (nSPS) is 12.0. The minimum absolute atomic E-state index is 0.206. The van der Waals surface area contributed by atoms with Crippen LogP contribution in [0.3, 0.4) is 0 Å². The van der Waals surface area contributed by atoms with E-state index in [9.17, 15) is 4.79 Å². The number of para-hydroxylation sites is 1. The summed E-state index contributed by atoms with van der Waals surface area (Å²) in [6.07, 6.45) is 0. The highest BCUT2D eigenvalue weighted by atomic mass is 16.5. The molecular weight excluding hydrogens is 324 g/mol. The van der Waals surface area contributed by atoms with E-state index in [4.69, 9.17) is 9.15 Å². The summed E-state index contributed by atoms with van der Waals surface area (Å²) in [6, 6.07) is 27.3. The van der Waals surface area contributed by atoms with Crippen LogP contribution in [0, 0.1) is 0 Å². The SMILES string of the molecule is COc1ccc(C(c2ccccc2)c2cc3ccccc3oc2=O)cc1. The van der Waals surface area contributed by atoms with E-state index in [2.05, 4.69) is 0 Å². The fourth-order valence-corrected chi connectivity index (χ4v) is 3.27. The van der Waals surface area contributed by atoms with Crippen molar-refractivity contribution in [3.8, 4) is 5.75 Å². The quantitative estimate of drug-likeness (QED) is 0.491. The first kappa shape index (κ1) is 16.2. The van der Waals surface area contributed by atoms with Crippen LogP contribution in [0.5, 0.6) is 5.75 Å². The highest BCUT2D eigenvalue weighted by Crippen LogP contribution is 2.32. The summed E-state index contributed by atoms with van der Waals surface area (Å²) in [4.78, 5) is 12.8. The Balaban J connectivity index is 1.93. The standard InChI is InChI=1S/C23H18O3/c1-25-19-13-11-17(12-14-19)22(16-7-3-2-4-8-16)20-15-18-9-5-6-10-21(18)26-23(20)24/h2-15,22H,1H3. The fourth-order valence-electron chi connectivity index (χ4n) is 3.27. The second-order valence-corrected chi connectivity index (χ2v) is 6.14. The maximum Gasteiger partial charge on any atom is 0.340 e. The lowest BCUT2D eigenvalue weighted by atomic mass is 9.85. The third-order valence-corrected chi connectivity index (χ3v) is 4.56. The molecule has 0 aliphatic carbocycles. The van der Waals surface area contributed by atoms with Gasteiger partial charge in [-0.05, 0) is 35.4 Å². The van der Waals surface area contributed by atoms with Crippen molar-refractivity contribution in [2.75, 3.05) is 7.11 Å². The highest BCUT2D eigenvalue weighted by molar-refractivity contribution is 5.77. The maximum absolute atomic E-state index is 12.8. The first-order valence-corrected chi connectivity index (χ1v) is 8.48. The van der Waals surface area contributed by atoms with Gasteiger partial charge < -0.3 is 9.15 Å². The second-order valence-electron chi connectivity index (χ2n) is 6.14. The van der Waals surface area contributed by atoms with Crippen molar-refractivity contribution in [2.24, 2.45) is 0 Å². The van der Waals surface area contributed by atoms with E-state index in [0.29, 0.717) is 11.1 Å². The summed E-state index contributed by atoms with van der Waals surface area (Å²) in [5, 5.41) is 0.913. The molecule has 1 atom stereocenters. The van der Waals surface area contributed by atoms with Crippen LogP contribution in [0.2, 0.25) is 0 Å². The van der Waals surface area contributed by atoms with Crippen molar-refractivity contribution in [1.29, 1.82) is 0 Å². The molecule has 0 aliphatic heterocycles. The number of hydrogen-bond donors (Lipinski definition) is 0. The summed E-state index contributed by atoms with van der Waals surface area (Å²) in [6.45, 7) is 0. The van der Waals surface area contributed by atoms with Gasteiger partial charge in [-0.1, -0.05) is 60.7 Å². The molecule has 3 heteroatoms. The van der Waals surface area contributed by atoms with Crippen LogP contribution in [0.4, 0.5) is 0 Å².